The minimum atomic E-state index is -0.636. The van der Waals surface area contributed by atoms with E-state index in [9.17, 15) is 13.6 Å². The van der Waals surface area contributed by atoms with E-state index in [1.54, 1.807) is 12.1 Å². The molecular formula is C19H15F2N5O. The van der Waals surface area contributed by atoms with Gasteiger partial charge in [-0.15, -0.1) is 0 Å². The Hall–Kier alpha value is -3.68. The highest BCUT2D eigenvalue weighted by molar-refractivity contribution is 6.03. The van der Waals surface area contributed by atoms with Crippen molar-refractivity contribution in [2.45, 2.75) is 6.42 Å². The van der Waals surface area contributed by atoms with Gasteiger partial charge >= 0.3 is 0 Å². The van der Waals surface area contributed by atoms with E-state index >= 15 is 0 Å². The minimum absolute atomic E-state index is 0.0813. The molecule has 2 aromatic heterocycles. The van der Waals surface area contributed by atoms with Crippen LogP contribution in [0.15, 0.2) is 54.9 Å². The van der Waals surface area contributed by atoms with Gasteiger partial charge in [-0.25, -0.2) is 13.8 Å². The van der Waals surface area contributed by atoms with Crippen molar-refractivity contribution >= 4 is 18.1 Å². The molecule has 3 rings (SSSR count). The molecule has 3 aromatic rings. The van der Waals surface area contributed by atoms with Gasteiger partial charge in [-0.3, -0.25) is 20.2 Å². The fourth-order valence-corrected chi connectivity index (χ4v) is 2.50. The molecule has 0 spiro atoms. The Kier molecular flexibility index (Phi) is 5.16. The van der Waals surface area contributed by atoms with Crippen LogP contribution in [0.5, 0.6) is 0 Å². The van der Waals surface area contributed by atoms with E-state index in [1.165, 1.54) is 41.2 Å². The summed E-state index contributed by atoms with van der Waals surface area (Å²) in [5.74, 6) is -1.39. The summed E-state index contributed by atoms with van der Waals surface area (Å²) in [5, 5.41) is 17.4. The molecule has 6 nitrogen and oxygen atoms in total. The van der Waals surface area contributed by atoms with E-state index in [-0.39, 0.29) is 11.1 Å². The number of benzene rings is 1. The second-order valence-electron chi connectivity index (χ2n) is 5.80. The number of hydrogen-bond acceptors (Lipinski definition) is 4. The quantitative estimate of drug-likeness (QED) is 0.478. The van der Waals surface area contributed by atoms with Gasteiger partial charge < -0.3 is 5.32 Å². The standard InChI is InChI=1S/C19H15F2N5O/c20-15-6-13(7-16(21)8-15)5-12-1-4-18(24-9-12)25-19(27)14-2-3-17(23)26(10-14)11-22/h1-4,6-11,22-23H,5H2,(H,24,25,27). The zero-order chi connectivity index (χ0) is 19.4. The fraction of sp³-hybridized carbons (Fsp3) is 0.0526. The zero-order valence-corrected chi connectivity index (χ0v) is 14.0. The molecule has 0 aliphatic heterocycles. The Morgan fingerprint density at radius 1 is 1.11 bits per heavy atom. The van der Waals surface area contributed by atoms with Gasteiger partial charge in [0.1, 0.15) is 22.9 Å². The van der Waals surface area contributed by atoms with Crippen molar-refractivity contribution in [1.29, 1.82) is 10.8 Å². The third kappa shape index (κ3) is 4.49. The van der Waals surface area contributed by atoms with Crippen LogP contribution in [-0.2, 0) is 6.42 Å². The highest BCUT2D eigenvalue weighted by atomic mass is 19.1. The monoisotopic (exact) mass is 367 g/mol. The van der Waals surface area contributed by atoms with E-state index in [1.807, 2.05) is 0 Å². The third-order valence-electron chi connectivity index (χ3n) is 3.78. The van der Waals surface area contributed by atoms with Gasteiger partial charge in [0, 0.05) is 18.5 Å². The highest BCUT2D eigenvalue weighted by Crippen LogP contribution is 2.14. The van der Waals surface area contributed by atoms with Crippen LogP contribution in [0.3, 0.4) is 0 Å². The predicted octanol–water partition coefficient (Wildman–Crippen LogP) is 2.94. The third-order valence-corrected chi connectivity index (χ3v) is 3.78. The van der Waals surface area contributed by atoms with E-state index in [0.29, 0.717) is 17.8 Å². The Labute approximate surface area is 153 Å². The first kappa shape index (κ1) is 18.1. The topological polar surface area (TPSA) is 94.6 Å². The van der Waals surface area contributed by atoms with Crippen LogP contribution in [0.25, 0.3) is 0 Å². The molecule has 8 heteroatoms. The second kappa shape index (κ2) is 7.69. The maximum absolute atomic E-state index is 13.2. The lowest BCUT2D eigenvalue weighted by Crippen LogP contribution is -2.21. The van der Waals surface area contributed by atoms with E-state index in [4.69, 9.17) is 10.8 Å². The SMILES string of the molecule is N=Cn1cc(C(=O)Nc2ccc(Cc3cc(F)cc(F)c3)cn2)ccc1=N. The van der Waals surface area contributed by atoms with Gasteiger partial charge in [-0.2, -0.15) is 0 Å². The lowest BCUT2D eigenvalue weighted by Gasteiger charge is -2.07. The molecule has 0 saturated carbocycles. The number of aromatic nitrogens is 2. The summed E-state index contributed by atoms with van der Waals surface area (Å²) < 4.78 is 27.7. The number of carbonyl (C=O) groups is 1. The smallest absolute Gasteiger partial charge is 0.258 e. The summed E-state index contributed by atoms with van der Waals surface area (Å²) >= 11 is 0. The molecule has 0 unspecified atom stereocenters. The number of rotatable bonds is 5. The number of anilines is 1. The minimum Gasteiger partial charge on any atom is -0.307 e. The fourth-order valence-electron chi connectivity index (χ4n) is 2.50. The number of halogens is 2. The molecule has 0 radical (unpaired) electrons. The van der Waals surface area contributed by atoms with E-state index in [0.717, 1.165) is 18.0 Å². The highest BCUT2D eigenvalue weighted by Gasteiger charge is 2.08. The zero-order valence-electron chi connectivity index (χ0n) is 14.0. The molecule has 0 aliphatic carbocycles. The summed E-state index contributed by atoms with van der Waals surface area (Å²) in [5.41, 5.74) is 1.57. The molecule has 27 heavy (non-hydrogen) atoms. The van der Waals surface area contributed by atoms with Gasteiger partial charge in [0.2, 0.25) is 0 Å². The van der Waals surface area contributed by atoms with Crippen molar-refractivity contribution in [3.63, 3.8) is 0 Å². The normalized spacial score (nSPS) is 10.4. The van der Waals surface area contributed by atoms with Crippen molar-refractivity contribution < 1.29 is 13.6 Å². The average molecular weight is 367 g/mol. The molecule has 0 atom stereocenters. The molecule has 1 aromatic carbocycles. The number of hydrogen-bond donors (Lipinski definition) is 3. The number of amides is 1. The Balaban J connectivity index is 1.71. The van der Waals surface area contributed by atoms with Crippen LogP contribution in [0.4, 0.5) is 14.6 Å². The van der Waals surface area contributed by atoms with Crippen LogP contribution in [-0.4, -0.2) is 21.8 Å². The largest absolute Gasteiger partial charge is 0.307 e. The van der Waals surface area contributed by atoms with Crippen LogP contribution < -0.4 is 10.8 Å². The number of pyridine rings is 2. The molecule has 0 fully saturated rings. The number of nitrogens with one attached hydrogen (secondary N) is 3. The molecule has 3 N–H and O–H groups in total. The van der Waals surface area contributed by atoms with Crippen LogP contribution in [0.2, 0.25) is 0 Å². The van der Waals surface area contributed by atoms with Crippen LogP contribution >= 0.6 is 0 Å². The molecule has 136 valence electrons. The summed E-state index contributed by atoms with van der Waals surface area (Å²) in [6.07, 6.45) is 4.13. The first-order valence-electron chi connectivity index (χ1n) is 7.93. The number of nitrogens with zero attached hydrogens (tertiary/aromatic N) is 2. The Morgan fingerprint density at radius 3 is 2.48 bits per heavy atom. The summed E-state index contributed by atoms with van der Waals surface area (Å²) in [7, 11) is 0. The first-order valence-corrected chi connectivity index (χ1v) is 7.93. The lowest BCUT2D eigenvalue weighted by atomic mass is 10.1. The average Bonchev–Trinajstić information content (AvgIpc) is 2.63. The second-order valence-corrected chi connectivity index (χ2v) is 5.80. The van der Waals surface area contributed by atoms with E-state index < -0.39 is 17.5 Å². The van der Waals surface area contributed by atoms with Gasteiger partial charge in [0.05, 0.1) is 11.9 Å². The van der Waals surface area contributed by atoms with Gasteiger partial charge in [-0.05, 0) is 47.9 Å². The number of carbonyl (C=O) groups excluding carboxylic acids is 1. The summed E-state index contributed by atoms with van der Waals surface area (Å²) in [6.45, 7) is 0. The van der Waals surface area contributed by atoms with Crippen LogP contribution in [0, 0.1) is 22.5 Å². The van der Waals surface area contributed by atoms with Crippen molar-refractivity contribution in [1.82, 2.24) is 9.55 Å². The maximum Gasteiger partial charge on any atom is 0.258 e. The van der Waals surface area contributed by atoms with Crippen molar-refractivity contribution in [3.05, 3.63) is 88.7 Å². The Bertz CT molecular complexity index is 1040. The van der Waals surface area contributed by atoms with Gasteiger partial charge in [-0.1, -0.05) is 6.07 Å². The summed E-state index contributed by atoms with van der Waals surface area (Å²) in [6, 6.07) is 9.51. The van der Waals surface area contributed by atoms with Crippen molar-refractivity contribution in [3.8, 4) is 0 Å². The molecule has 0 aliphatic rings. The lowest BCUT2D eigenvalue weighted by molar-refractivity contribution is 0.102. The maximum atomic E-state index is 13.2. The van der Waals surface area contributed by atoms with E-state index in [2.05, 4.69) is 10.3 Å². The Morgan fingerprint density at radius 2 is 1.85 bits per heavy atom. The van der Waals surface area contributed by atoms with Gasteiger partial charge in [0.15, 0.2) is 0 Å². The molecule has 0 bridgehead atoms. The molecule has 2 heterocycles. The van der Waals surface area contributed by atoms with Gasteiger partial charge in [0.25, 0.3) is 5.91 Å². The first-order chi connectivity index (χ1) is 12.9. The summed E-state index contributed by atoms with van der Waals surface area (Å²) in [4.78, 5) is 16.4. The molecular weight excluding hydrogens is 352 g/mol. The molecule has 1 amide bonds. The molecule has 0 saturated heterocycles. The van der Waals surface area contributed by atoms with Crippen molar-refractivity contribution in [2.24, 2.45) is 0 Å². The van der Waals surface area contributed by atoms with Crippen LogP contribution in [0.1, 0.15) is 21.5 Å². The predicted molar refractivity (Wildman–Crippen MR) is 95.8 cm³/mol. The van der Waals surface area contributed by atoms with Crippen molar-refractivity contribution in [2.75, 3.05) is 5.32 Å².